The lowest BCUT2D eigenvalue weighted by Gasteiger charge is -2.32. The monoisotopic (exact) mass is 203 g/mol. The number of fused-ring (bicyclic) bond motifs is 1. The predicted octanol–water partition coefficient (Wildman–Crippen LogP) is 3.71. The first-order valence-electron chi connectivity index (χ1n) is 5.93. The fourth-order valence-electron chi connectivity index (χ4n) is 2.35. The summed E-state index contributed by atoms with van der Waals surface area (Å²) in [6.07, 6.45) is 2.47. The van der Waals surface area contributed by atoms with Crippen LogP contribution in [0.25, 0.3) is 0 Å². The van der Waals surface area contributed by atoms with Gasteiger partial charge in [0.1, 0.15) is 0 Å². The van der Waals surface area contributed by atoms with Crippen LogP contribution in [-0.2, 0) is 6.42 Å². The molecule has 0 amide bonds. The van der Waals surface area contributed by atoms with Crippen LogP contribution >= 0.6 is 0 Å². The Morgan fingerprint density at radius 1 is 1.27 bits per heavy atom. The fraction of sp³-hybridized carbons (Fsp3) is 0.571. The lowest BCUT2D eigenvalue weighted by Crippen LogP contribution is -2.26. The molecule has 82 valence electrons. The molecule has 0 radical (unpaired) electrons. The summed E-state index contributed by atoms with van der Waals surface area (Å²) in [5, 5.41) is 3.54. The van der Waals surface area contributed by atoms with Gasteiger partial charge in [0.15, 0.2) is 0 Å². The smallest absolute Gasteiger partial charge is 0.0372 e. The molecule has 1 aromatic rings. The average Bonchev–Trinajstić information content (AvgIpc) is 2.36. The van der Waals surface area contributed by atoms with Crippen LogP contribution in [0.15, 0.2) is 24.3 Å². The number of para-hydroxylation sites is 1. The summed E-state index contributed by atoms with van der Waals surface area (Å²) < 4.78 is 0. The first-order chi connectivity index (χ1) is 7.12. The van der Waals surface area contributed by atoms with Gasteiger partial charge >= 0.3 is 0 Å². The molecule has 0 saturated heterocycles. The fourth-order valence-corrected chi connectivity index (χ4v) is 2.35. The lowest BCUT2D eigenvalue weighted by atomic mass is 9.72. The summed E-state index contributed by atoms with van der Waals surface area (Å²) in [7, 11) is 0. The molecule has 1 aliphatic rings. The van der Waals surface area contributed by atoms with Gasteiger partial charge in [-0.3, -0.25) is 0 Å². The molecule has 15 heavy (non-hydrogen) atoms. The maximum Gasteiger partial charge on any atom is 0.0372 e. The van der Waals surface area contributed by atoms with E-state index in [1.54, 1.807) is 0 Å². The Hall–Kier alpha value is -0.980. The molecule has 0 fully saturated rings. The molecule has 1 heteroatoms. The average molecular weight is 203 g/mol. The van der Waals surface area contributed by atoms with E-state index in [-0.39, 0.29) is 0 Å². The van der Waals surface area contributed by atoms with E-state index in [9.17, 15) is 0 Å². The van der Waals surface area contributed by atoms with Crippen molar-refractivity contribution >= 4 is 5.69 Å². The summed E-state index contributed by atoms with van der Waals surface area (Å²) in [6, 6.07) is 8.71. The molecule has 0 bridgehead atoms. The summed E-state index contributed by atoms with van der Waals surface area (Å²) in [4.78, 5) is 0. The molecule has 0 spiro atoms. The van der Waals surface area contributed by atoms with Crippen LogP contribution in [0.4, 0.5) is 5.69 Å². The summed E-state index contributed by atoms with van der Waals surface area (Å²) >= 11 is 0. The Morgan fingerprint density at radius 2 is 2.00 bits per heavy atom. The zero-order valence-electron chi connectivity index (χ0n) is 10.0. The van der Waals surface area contributed by atoms with Gasteiger partial charge < -0.3 is 5.32 Å². The highest BCUT2D eigenvalue weighted by atomic mass is 14.9. The van der Waals surface area contributed by atoms with Crippen molar-refractivity contribution in [3.05, 3.63) is 29.8 Å². The zero-order chi connectivity index (χ0) is 10.9. The topological polar surface area (TPSA) is 12.0 Å². The van der Waals surface area contributed by atoms with Crippen molar-refractivity contribution < 1.29 is 0 Å². The molecule has 1 heterocycles. The Kier molecular flexibility index (Phi) is 2.72. The molecule has 0 aromatic heterocycles. The highest BCUT2D eigenvalue weighted by molar-refractivity contribution is 5.52. The van der Waals surface area contributed by atoms with Gasteiger partial charge in [0, 0.05) is 12.2 Å². The quantitative estimate of drug-likeness (QED) is 0.733. The van der Waals surface area contributed by atoms with E-state index in [1.807, 2.05) is 0 Å². The van der Waals surface area contributed by atoms with Gasteiger partial charge in [-0.2, -0.15) is 0 Å². The maximum atomic E-state index is 3.54. The first-order valence-corrected chi connectivity index (χ1v) is 5.93. The number of rotatable bonds is 1. The summed E-state index contributed by atoms with van der Waals surface area (Å²) in [6.45, 7) is 8.20. The largest absolute Gasteiger partial charge is 0.385 e. The molecule has 1 N–H and O–H groups in total. The molecular formula is C14H21N. The van der Waals surface area contributed by atoms with Crippen LogP contribution in [0.5, 0.6) is 0 Å². The van der Waals surface area contributed by atoms with Gasteiger partial charge in [0.25, 0.3) is 0 Å². The van der Waals surface area contributed by atoms with Crippen molar-refractivity contribution in [3.63, 3.8) is 0 Å². The normalized spacial score (nSPS) is 25.6. The minimum Gasteiger partial charge on any atom is -0.385 e. The second kappa shape index (κ2) is 3.88. The molecule has 2 rings (SSSR count). The van der Waals surface area contributed by atoms with E-state index in [0.717, 1.165) is 12.5 Å². The number of anilines is 1. The molecular weight excluding hydrogens is 182 g/mol. The molecule has 1 aromatic carbocycles. The van der Waals surface area contributed by atoms with E-state index < -0.39 is 0 Å². The van der Waals surface area contributed by atoms with E-state index in [2.05, 4.69) is 50.4 Å². The van der Waals surface area contributed by atoms with E-state index in [1.165, 1.54) is 24.1 Å². The number of benzene rings is 1. The SMILES string of the molecule is CC(C)C1(C)CCNc2ccccc2C1. The second-order valence-corrected chi connectivity index (χ2v) is 5.32. The number of hydrogen-bond acceptors (Lipinski definition) is 1. The van der Waals surface area contributed by atoms with Crippen molar-refractivity contribution in [3.8, 4) is 0 Å². The van der Waals surface area contributed by atoms with Gasteiger partial charge in [-0.05, 0) is 35.8 Å². The van der Waals surface area contributed by atoms with Crippen LogP contribution in [0.2, 0.25) is 0 Å². The standard InChI is InChI=1S/C14H21N/c1-11(2)14(3)8-9-15-13-7-5-4-6-12(13)10-14/h4-7,11,15H,8-10H2,1-3H3. The Morgan fingerprint density at radius 3 is 2.73 bits per heavy atom. The minimum absolute atomic E-state index is 0.444. The highest BCUT2D eigenvalue weighted by Gasteiger charge is 2.30. The van der Waals surface area contributed by atoms with Crippen molar-refractivity contribution in [1.29, 1.82) is 0 Å². The van der Waals surface area contributed by atoms with Crippen molar-refractivity contribution in [2.75, 3.05) is 11.9 Å². The molecule has 0 saturated carbocycles. The predicted molar refractivity (Wildman–Crippen MR) is 66.2 cm³/mol. The third kappa shape index (κ3) is 2.01. The van der Waals surface area contributed by atoms with E-state index in [4.69, 9.17) is 0 Å². The second-order valence-electron chi connectivity index (χ2n) is 5.32. The Bertz CT molecular complexity index is 343. The lowest BCUT2D eigenvalue weighted by molar-refractivity contribution is 0.207. The Balaban J connectivity index is 2.32. The number of nitrogens with one attached hydrogen (secondary N) is 1. The molecule has 1 unspecified atom stereocenters. The van der Waals surface area contributed by atoms with Crippen LogP contribution < -0.4 is 5.32 Å². The third-order valence-electron chi connectivity index (χ3n) is 4.02. The molecule has 1 aliphatic heterocycles. The van der Waals surface area contributed by atoms with Gasteiger partial charge in [-0.1, -0.05) is 39.0 Å². The van der Waals surface area contributed by atoms with Gasteiger partial charge in [-0.25, -0.2) is 0 Å². The summed E-state index contributed by atoms with van der Waals surface area (Å²) in [5.41, 5.74) is 3.26. The van der Waals surface area contributed by atoms with E-state index >= 15 is 0 Å². The number of hydrogen-bond donors (Lipinski definition) is 1. The Labute approximate surface area is 92.9 Å². The molecule has 1 nitrogen and oxygen atoms in total. The van der Waals surface area contributed by atoms with Crippen LogP contribution in [0.3, 0.4) is 0 Å². The third-order valence-corrected chi connectivity index (χ3v) is 4.02. The van der Waals surface area contributed by atoms with Crippen LogP contribution in [-0.4, -0.2) is 6.54 Å². The van der Waals surface area contributed by atoms with E-state index in [0.29, 0.717) is 5.41 Å². The summed E-state index contributed by atoms with van der Waals surface area (Å²) in [5.74, 6) is 0.741. The van der Waals surface area contributed by atoms with Gasteiger partial charge in [0.05, 0.1) is 0 Å². The first kappa shape index (κ1) is 10.5. The van der Waals surface area contributed by atoms with Gasteiger partial charge in [-0.15, -0.1) is 0 Å². The van der Waals surface area contributed by atoms with Crippen molar-refractivity contribution in [2.45, 2.75) is 33.6 Å². The van der Waals surface area contributed by atoms with Crippen molar-refractivity contribution in [1.82, 2.24) is 0 Å². The molecule has 0 aliphatic carbocycles. The van der Waals surface area contributed by atoms with Crippen molar-refractivity contribution in [2.24, 2.45) is 11.3 Å². The van der Waals surface area contributed by atoms with Gasteiger partial charge in [0.2, 0.25) is 0 Å². The highest BCUT2D eigenvalue weighted by Crippen LogP contribution is 2.38. The zero-order valence-corrected chi connectivity index (χ0v) is 10.0. The molecule has 1 atom stereocenters. The van der Waals surface area contributed by atoms with Crippen LogP contribution in [0, 0.1) is 11.3 Å². The maximum absolute atomic E-state index is 3.54. The van der Waals surface area contributed by atoms with Crippen LogP contribution in [0.1, 0.15) is 32.8 Å². The minimum atomic E-state index is 0.444.